The normalized spacial score (nSPS) is 24.6. The molecule has 1 aliphatic heterocycles. The van der Waals surface area contributed by atoms with E-state index in [9.17, 15) is 4.39 Å². The first kappa shape index (κ1) is 17.6. The van der Waals surface area contributed by atoms with Gasteiger partial charge in [-0.15, -0.1) is 0 Å². The lowest BCUT2D eigenvalue weighted by Gasteiger charge is -2.35. The highest BCUT2D eigenvalue weighted by atomic mass is 19.1. The van der Waals surface area contributed by atoms with Crippen LogP contribution in [0.5, 0.6) is 0 Å². The van der Waals surface area contributed by atoms with Crippen LogP contribution in [0.2, 0.25) is 0 Å². The molecule has 1 fully saturated rings. The van der Waals surface area contributed by atoms with Gasteiger partial charge in [0.2, 0.25) is 5.96 Å². The van der Waals surface area contributed by atoms with Gasteiger partial charge in [0.25, 0.3) is 0 Å². The van der Waals surface area contributed by atoms with Gasteiger partial charge in [0.05, 0.1) is 12.3 Å². The number of aliphatic imine (C=N–C) groups is 2. The molecule has 1 N–H and O–H groups in total. The van der Waals surface area contributed by atoms with Gasteiger partial charge in [-0.1, -0.05) is 55.7 Å². The maximum Gasteiger partial charge on any atom is 0.218 e. The number of guanidine groups is 1. The highest BCUT2D eigenvalue weighted by Gasteiger charge is 2.34. The Morgan fingerprint density at radius 3 is 2.54 bits per heavy atom. The van der Waals surface area contributed by atoms with Crippen LogP contribution in [0.1, 0.15) is 61.1 Å². The number of benzene rings is 2. The van der Waals surface area contributed by atoms with Crippen molar-refractivity contribution in [3.05, 3.63) is 71.0 Å². The van der Waals surface area contributed by atoms with Gasteiger partial charge in [0.15, 0.2) is 0 Å². The Balaban J connectivity index is 1.46. The Kier molecular flexibility index (Phi) is 4.71. The Morgan fingerprint density at radius 2 is 1.71 bits per heavy atom. The molecule has 0 aromatic heterocycles. The Bertz CT molecular complexity index is 910. The van der Waals surface area contributed by atoms with Crippen LogP contribution in [0, 0.1) is 11.7 Å². The summed E-state index contributed by atoms with van der Waals surface area (Å²) in [7, 11) is 0. The lowest BCUT2D eigenvalue weighted by Crippen LogP contribution is -2.40. The molecule has 1 saturated carbocycles. The molecular weight excluding hydrogens is 349 g/mol. The molecule has 28 heavy (non-hydrogen) atoms. The lowest BCUT2D eigenvalue weighted by molar-refractivity contribution is 0.411. The summed E-state index contributed by atoms with van der Waals surface area (Å²) in [5, 5.41) is 3.59. The topological polar surface area (TPSA) is 36.8 Å². The van der Waals surface area contributed by atoms with Crippen LogP contribution >= 0.6 is 0 Å². The van der Waals surface area contributed by atoms with Crippen LogP contribution in [0.3, 0.4) is 0 Å². The second kappa shape index (κ2) is 7.50. The summed E-state index contributed by atoms with van der Waals surface area (Å²) < 4.78 is 13.4. The first-order valence-corrected chi connectivity index (χ1v) is 10.5. The molecule has 2 aromatic rings. The first-order valence-electron chi connectivity index (χ1n) is 10.5. The number of hydrogen-bond acceptors (Lipinski definition) is 3. The number of nitrogens with one attached hydrogen (secondary N) is 1. The standard InChI is InChI=1S/C24H26FN3/c25-18-12-10-16(11-13-18)22-14-17-15-26-24(27-19-6-2-1-3-7-19)28-23(17)21-9-5-4-8-20(21)22/h4-5,8-13,17,19,22H,1-3,6-7,14-15H2,(H,26,27). The smallest absolute Gasteiger partial charge is 0.218 e. The molecule has 0 radical (unpaired) electrons. The van der Waals surface area contributed by atoms with Gasteiger partial charge >= 0.3 is 0 Å². The van der Waals surface area contributed by atoms with Crippen molar-refractivity contribution in [1.82, 2.24) is 5.32 Å². The molecule has 4 heteroatoms. The van der Waals surface area contributed by atoms with Crippen LogP contribution < -0.4 is 5.32 Å². The maximum atomic E-state index is 13.4. The zero-order valence-electron chi connectivity index (χ0n) is 16.1. The Morgan fingerprint density at radius 1 is 0.929 bits per heavy atom. The van der Waals surface area contributed by atoms with E-state index in [1.807, 2.05) is 12.1 Å². The van der Waals surface area contributed by atoms with E-state index in [-0.39, 0.29) is 11.7 Å². The Hall–Kier alpha value is -2.49. The number of rotatable bonds is 2. The monoisotopic (exact) mass is 375 g/mol. The van der Waals surface area contributed by atoms with Crippen molar-refractivity contribution in [3.63, 3.8) is 0 Å². The van der Waals surface area contributed by atoms with E-state index in [0.29, 0.717) is 12.0 Å². The third-order valence-corrected chi connectivity index (χ3v) is 6.42. The van der Waals surface area contributed by atoms with Gasteiger partial charge in [-0.05, 0) is 42.5 Å². The third kappa shape index (κ3) is 3.36. The van der Waals surface area contributed by atoms with E-state index in [1.165, 1.54) is 54.5 Å². The summed E-state index contributed by atoms with van der Waals surface area (Å²) in [6.45, 7) is 0.778. The fourth-order valence-corrected chi connectivity index (χ4v) is 4.95. The van der Waals surface area contributed by atoms with Gasteiger partial charge in [-0.2, -0.15) is 0 Å². The van der Waals surface area contributed by atoms with Crippen molar-refractivity contribution in [3.8, 4) is 0 Å². The van der Waals surface area contributed by atoms with Crippen molar-refractivity contribution < 1.29 is 4.39 Å². The summed E-state index contributed by atoms with van der Waals surface area (Å²) >= 11 is 0. The second-order valence-electron chi connectivity index (χ2n) is 8.26. The fraction of sp³-hybridized carbons (Fsp3) is 0.417. The molecule has 2 aliphatic carbocycles. The number of halogens is 1. The molecule has 2 atom stereocenters. The highest BCUT2D eigenvalue weighted by Crippen LogP contribution is 2.40. The second-order valence-corrected chi connectivity index (χ2v) is 8.26. The zero-order chi connectivity index (χ0) is 18.9. The van der Waals surface area contributed by atoms with E-state index in [4.69, 9.17) is 9.98 Å². The van der Waals surface area contributed by atoms with Crippen molar-refractivity contribution in [2.24, 2.45) is 15.9 Å². The van der Waals surface area contributed by atoms with E-state index in [1.54, 1.807) is 12.1 Å². The molecule has 1 heterocycles. The molecule has 3 nitrogen and oxygen atoms in total. The molecule has 0 saturated heterocycles. The third-order valence-electron chi connectivity index (χ3n) is 6.42. The van der Waals surface area contributed by atoms with Crippen LogP contribution in [-0.2, 0) is 0 Å². The molecule has 0 amide bonds. The number of fused-ring (bicyclic) bond motifs is 3. The summed E-state index contributed by atoms with van der Waals surface area (Å²) in [5.41, 5.74) is 4.86. The quantitative estimate of drug-likeness (QED) is 0.783. The first-order chi connectivity index (χ1) is 13.8. The largest absolute Gasteiger partial charge is 0.352 e. The van der Waals surface area contributed by atoms with Crippen LogP contribution in [-0.4, -0.2) is 24.3 Å². The molecule has 5 rings (SSSR count). The summed E-state index contributed by atoms with van der Waals surface area (Å²) in [6.07, 6.45) is 7.35. The molecule has 144 valence electrons. The van der Waals surface area contributed by atoms with E-state index in [0.717, 1.165) is 18.9 Å². The molecule has 2 aromatic carbocycles. The molecule has 0 spiro atoms. The average Bonchev–Trinajstić information content (AvgIpc) is 2.75. The molecule has 2 unspecified atom stereocenters. The predicted octanol–water partition coefficient (Wildman–Crippen LogP) is 5.06. The van der Waals surface area contributed by atoms with Crippen LogP contribution in [0.15, 0.2) is 58.5 Å². The van der Waals surface area contributed by atoms with Gasteiger partial charge in [0, 0.05) is 23.4 Å². The van der Waals surface area contributed by atoms with Crippen molar-refractivity contribution >= 4 is 11.7 Å². The fourth-order valence-electron chi connectivity index (χ4n) is 4.95. The Labute approximate surface area is 165 Å². The SMILES string of the molecule is Fc1ccc(C2CC3CN=C(NC4CCCCC4)N=C3c3ccccc32)cc1. The van der Waals surface area contributed by atoms with Gasteiger partial charge in [-0.25, -0.2) is 9.38 Å². The lowest BCUT2D eigenvalue weighted by atomic mass is 9.72. The summed E-state index contributed by atoms with van der Waals surface area (Å²) in [6, 6.07) is 16.0. The maximum absolute atomic E-state index is 13.4. The van der Waals surface area contributed by atoms with Crippen molar-refractivity contribution in [2.75, 3.05) is 6.54 Å². The number of nitrogens with zero attached hydrogens (tertiary/aromatic N) is 2. The van der Waals surface area contributed by atoms with E-state index < -0.39 is 0 Å². The van der Waals surface area contributed by atoms with Gasteiger partial charge in [-0.3, -0.25) is 4.99 Å². The van der Waals surface area contributed by atoms with Crippen molar-refractivity contribution in [1.29, 1.82) is 0 Å². The predicted molar refractivity (Wildman–Crippen MR) is 112 cm³/mol. The minimum atomic E-state index is -0.184. The minimum Gasteiger partial charge on any atom is -0.352 e. The molecular formula is C24H26FN3. The molecule has 0 bridgehead atoms. The molecule has 3 aliphatic rings. The van der Waals surface area contributed by atoms with Crippen LogP contribution in [0.4, 0.5) is 4.39 Å². The minimum absolute atomic E-state index is 0.184. The summed E-state index contributed by atoms with van der Waals surface area (Å²) in [5.74, 6) is 1.22. The average molecular weight is 375 g/mol. The number of hydrogen-bond donors (Lipinski definition) is 1. The van der Waals surface area contributed by atoms with Crippen LogP contribution in [0.25, 0.3) is 0 Å². The highest BCUT2D eigenvalue weighted by molar-refractivity contribution is 6.11. The van der Waals surface area contributed by atoms with Crippen molar-refractivity contribution in [2.45, 2.75) is 50.5 Å². The van der Waals surface area contributed by atoms with Gasteiger partial charge < -0.3 is 5.32 Å². The zero-order valence-corrected chi connectivity index (χ0v) is 16.1. The van der Waals surface area contributed by atoms with E-state index >= 15 is 0 Å². The van der Waals surface area contributed by atoms with Gasteiger partial charge in [0.1, 0.15) is 5.82 Å². The van der Waals surface area contributed by atoms with E-state index in [2.05, 4.69) is 29.6 Å². The summed E-state index contributed by atoms with van der Waals surface area (Å²) in [4.78, 5) is 9.76.